The standard InChI is InChI=1S/C16H32O3/c1-7-16(14(4)5,10-8-13(2)3)12-19-15(17)9-11-18-6/h13-14H,7-12H2,1-6H3. The van der Waals surface area contributed by atoms with E-state index in [9.17, 15) is 4.79 Å². The van der Waals surface area contributed by atoms with Gasteiger partial charge in [-0.05, 0) is 24.7 Å². The Bertz CT molecular complexity index is 248. The molecule has 0 rings (SSSR count). The molecule has 0 heterocycles. The van der Waals surface area contributed by atoms with Gasteiger partial charge in [-0.25, -0.2) is 0 Å². The molecule has 0 amide bonds. The monoisotopic (exact) mass is 272 g/mol. The smallest absolute Gasteiger partial charge is 0.308 e. The predicted octanol–water partition coefficient (Wildman–Crippen LogP) is 4.05. The SMILES string of the molecule is CCC(CCC(C)C)(COC(=O)CCOC)C(C)C. The summed E-state index contributed by atoms with van der Waals surface area (Å²) in [5.74, 6) is 1.06. The highest BCUT2D eigenvalue weighted by Crippen LogP contribution is 2.38. The predicted molar refractivity (Wildman–Crippen MR) is 79.1 cm³/mol. The number of esters is 1. The van der Waals surface area contributed by atoms with E-state index >= 15 is 0 Å². The molecule has 0 aliphatic carbocycles. The first kappa shape index (κ1) is 18.4. The molecule has 114 valence electrons. The zero-order chi connectivity index (χ0) is 14.9. The van der Waals surface area contributed by atoms with Crippen LogP contribution in [0.25, 0.3) is 0 Å². The van der Waals surface area contributed by atoms with Gasteiger partial charge in [0.05, 0.1) is 19.6 Å². The Hall–Kier alpha value is -0.570. The lowest BCUT2D eigenvalue weighted by Crippen LogP contribution is -2.33. The Morgan fingerprint density at radius 2 is 1.84 bits per heavy atom. The van der Waals surface area contributed by atoms with Gasteiger partial charge in [0.15, 0.2) is 0 Å². The van der Waals surface area contributed by atoms with Gasteiger partial charge in [-0.2, -0.15) is 0 Å². The fourth-order valence-electron chi connectivity index (χ4n) is 2.27. The van der Waals surface area contributed by atoms with E-state index in [1.807, 2.05) is 0 Å². The van der Waals surface area contributed by atoms with Crippen LogP contribution in [0.4, 0.5) is 0 Å². The van der Waals surface area contributed by atoms with E-state index in [-0.39, 0.29) is 11.4 Å². The molecule has 0 radical (unpaired) electrons. The highest BCUT2D eigenvalue weighted by molar-refractivity contribution is 5.69. The third-order valence-electron chi connectivity index (χ3n) is 4.18. The van der Waals surface area contributed by atoms with Crippen LogP contribution in [-0.4, -0.2) is 26.3 Å². The maximum atomic E-state index is 11.6. The zero-order valence-corrected chi connectivity index (χ0v) is 13.6. The Kier molecular flexibility index (Phi) is 9.07. The van der Waals surface area contributed by atoms with Crippen LogP contribution in [0.1, 0.15) is 60.3 Å². The Labute approximate surface area is 119 Å². The van der Waals surface area contributed by atoms with Gasteiger partial charge in [-0.1, -0.05) is 41.0 Å². The van der Waals surface area contributed by atoms with Gasteiger partial charge in [0.25, 0.3) is 0 Å². The second kappa shape index (κ2) is 9.35. The van der Waals surface area contributed by atoms with Crippen molar-refractivity contribution in [2.45, 2.75) is 60.3 Å². The van der Waals surface area contributed by atoms with Crippen molar-refractivity contribution in [3.05, 3.63) is 0 Å². The maximum absolute atomic E-state index is 11.6. The minimum Gasteiger partial charge on any atom is -0.465 e. The normalized spacial score (nSPS) is 14.7. The van der Waals surface area contributed by atoms with Crippen molar-refractivity contribution in [3.63, 3.8) is 0 Å². The number of rotatable bonds is 10. The summed E-state index contributed by atoms with van der Waals surface area (Å²) in [7, 11) is 1.60. The molecule has 0 aliphatic rings. The van der Waals surface area contributed by atoms with Crippen molar-refractivity contribution in [2.75, 3.05) is 20.3 Å². The summed E-state index contributed by atoms with van der Waals surface area (Å²) in [6.07, 6.45) is 3.70. The number of hydrogen-bond donors (Lipinski definition) is 0. The van der Waals surface area contributed by atoms with Gasteiger partial charge < -0.3 is 9.47 Å². The van der Waals surface area contributed by atoms with Crippen LogP contribution in [0, 0.1) is 17.3 Å². The van der Waals surface area contributed by atoms with Crippen molar-refractivity contribution >= 4 is 5.97 Å². The fraction of sp³-hybridized carbons (Fsp3) is 0.938. The molecular weight excluding hydrogens is 240 g/mol. The summed E-state index contributed by atoms with van der Waals surface area (Å²) < 4.78 is 10.4. The van der Waals surface area contributed by atoms with Gasteiger partial charge in [0.2, 0.25) is 0 Å². The number of ether oxygens (including phenoxy) is 2. The second-order valence-corrected chi connectivity index (χ2v) is 6.21. The molecule has 3 heteroatoms. The molecule has 0 aromatic carbocycles. The lowest BCUT2D eigenvalue weighted by molar-refractivity contribution is -0.150. The van der Waals surface area contributed by atoms with Gasteiger partial charge in [-0.3, -0.25) is 4.79 Å². The molecular formula is C16H32O3. The van der Waals surface area contributed by atoms with Crippen LogP contribution in [0.2, 0.25) is 0 Å². The summed E-state index contributed by atoms with van der Waals surface area (Å²) in [4.78, 5) is 11.6. The maximum Gasteiger partial charge on any atom is 0.308 e. The van der Waals surface area contributed by atoms with E-state index in [1.54, 1.807) is 7.11 Å². The molecule has 1 unspecified atom stereocenters. The lowest BCUT2D eigenvalue weighted by atomic mass is 9.71. The van der Waals surface area contributed by atoms with Gasteiger partial charge >= 0.3 is 5.97 Å². The van der Waals surface area contributed by atoms with E-state index < -0.39 is 0 Å². The van der Waals surface area contributed by atoms with E-state index in [1.165, 1.54) is 6.42 Å². The molecule has 0 N–H and O–H groups in total. The fourth-order valence-corrected chi connectivity index (χ4v) is 2.27. The Morgan fingerprint density at radius 3 is 2.26 bits per heavy atom. The Morgan fingerprint density at radius 1 is 1.21 bits per heavy atom. The van der Waals surface area contributed by atoms with Crippen molar-refractivity contribution in [1.29, 1.82) is 0 Å². The van der Waals surface area contributed by atoms with E-state index in [0.717, 1.165) is 12.8 Å². The van der Waals surface area contributed by atoms with Crippen LogP contribution in [-0.2, 0) is 14.3 Å². The molecule has 0 spiro atoms. The van der Waals surface area contributed by atoms with E-state index in [0.29, 0.717) is 31.5 Å². The van der Waals surface area contributed by atoms with E-state index in [4.69, 9.17) is 9.47 Å². The molecule has 0 aromatic heterocycles. The first-order chi connectivity index (χ1) is 8.88. The van der Waals surface area contributed by atoms with Crippen LogP contribution < -0.4 is 0 Å². The molecule has 0 saturated heterocycles. The van der Waals surface area contributed by atoms with Gasteiger partial charge in [-0.15, -0.1) is 0 Å². The molecule has 0 aliphatic heterocycles. The topological polar surface area (TPSA) is 35.5 Å². The molecule has 3 nitrogen and oxygen atoms in total. The Balaban J connectivity index is 4.45. The minimum atomic E-state index is -0.148. The minimum absolute atomic E-state index is 0.118. The van der Waals surface area contributed by atoms with Crippen molar-refractivity contribution in [2.24, 2.45) is 17.3 Å². The average Bonchev–Trinajstić information content (AvgIpc) is 2.36. The third kappa shape index (κ3) is 6.95. The number of hydrogen-bond acceptors (Lipinski definition) is 3. The van der Waals surface area contributed by atoms with Crippen molar-refractivity contribution in [3.8, 4) is 0 Å². The first-order valence-corrected chi connectivity index (χ1v) is 7.52. The van der Waals surface area contributed by atoms with Crippen LogP contribution in [0.3, 0.4) is 0 Å². The summed E-state index contributed by atoms with van der Waals surface area (Å²) in [6, 6.07) is 0. The lowest BCUT2D eigenvalue weighted by Gasteiger charge is -2.37. The van der Waals surface area contributed by atoms with E-state index in [2.05, 4.69) is 34.6 Å². The number of carbonyl (C=O) groups excluding carboxylic acids is 1. The first-order valence-electron chi connectivity index (χ1n) is 7.52. The highest BCUT2D eigenvalue weighted by Gasteiger charge is 2.33. The van der Waals surface area contributed by atoms with Crippen LogP contribution in [0.15, 0.2) is 0 Å². The third-order valence-corrected chi connectivity index (χ3v) is 4.18. The number of methoxy groups -OCH3 is 1. The zero-order valence-electron chi connectivity index (χ0n) is 13.6. The molecule has 0 fully saturated rings. The quantitative estimate of drug-likeness (QED) is 0.563. The van der Waals surface area contributed by atoms with Crippen molar-refractivity contribution in [1.82, 2.24) is 0 Å². The summed E-state index contributed by atoms with van der Waals surface area (Å²) in [6.45, 7) is 12.1. The van der Waals surface area contributed by atoms with Gasteiger partial charge in [0.1, 0.15) is 0 Å². The molecule has 0 aromatic rings. The van der Waals surface area contributed by atoms with Gasteiger partial charge in [0, 0.05) is 12.5 Å². The molecule has 0 bridgehead atoms. The molecule has 19 heavy (non-hydrogen) atoms. The largest absolute Gasteiger partial charge is 0.465 e. The summed E-state index contributed by atoms with van der Waals surface area (Å²) >= 11 is 0. The second-order valence-electron chi connectivity index (χ2n) is 6.21. The highest BCUT2D eigenvalue weighted by atomic mass is 16.5. The molecule has 0 saturated carbocycles. The van der Waals surface area contributed by atoms with Crippen LogP contribution >= 0.6 is 0 Å². The summed E-state index contributed by atoms with van der Waals surface area (Å²) in [5.41, 5.74) is 0.118. The molecule has 1 atom stereocenters. The summed E-state index contributed by atoms with van der Waals surface area (Å²) in [5, 5.41) is 0. The number of carbonyl (C=O) groups is 1. The van der Waals surface area contributed by atoms with Crippen molar-refractivity contribution < 1.29 is 14.3 Å². The average molecular weight is 272 g/mol. The van der Waals surface area contributed by atoms with Crippen LogP contribution in [0.5, 0.6) is 0 Å².